The van der Waals surface area contributed by atoms with Gasteiger partial charge < -0.3 is 10.0 Å². The number of nitrogens with zero attached hydrogens (tertiary/aromatic N) is 2. The van der Waals surface area contributed by atoms with Crippen LogP contribution in [0.1, 0.15) is 45.4 Å². The third-order valence-electron chi connectivity index (χ3n) is 5.19. The van der Waals surface area contributed by atoms with Gasteiger partial charge in [-0.25, -0.2) is 0 Å². The van der Waals surface area contributed by atoms with Crippen molar-refractivity contribution in [1.29, 1.82) is 0 Å². The molecule has 1 atom stereocenters. The van der Waals surface area contributed by atoms with Gasteiger partial charge in [-0.3, -0.25) is 9.69 Å². The first-order valence-corrected chi connectivity index (χ1v) is 8.19. The summed E-state index contributed by atoms with van der Waals surface area (Å²) in [5.41, 5.74) is 0. The number of amides is 1. The van der Waals surface area contributed by atoms with Crippen LogP contribution in [0.5, 0.6) is 0 Å². The molecule has 1 aliphatic heterocycles. The van der Waals surface area contributed by atoms with Gasteiger partial charge in [-0.05, 0) is 56.9 Å². The van der Waals surface area contributed by atoms with E-state index in [4.69, 9.17) is 5.11 Å². The SMILES string of the molecule is CC1CCC(N(C)C(=O)CN2CCC(CCO)C2)CC1. The van der Waals surface area contributed by atoms with Crippen LogP contribution in [0.3, 0.4) is 0 Å². The Bertz CT molecular complexity index is 314. The van der Waals surface area contributed by atoms with Gasteiger partial charge >= 0.3 is 0 Å². The lowest BCUT2D eigenvalue weighted by atomic mass is 9.87. The van der Waals surface area contributed by atoms with Crippen LogP contribution in [0.15, 0.2) is 0 Å². The highest BCUT2D eigenvalue weighted by molar-refractivity contribution is 5.78. The molecule has 0 spiro atoms. The molecule has 1 saturated heterocycles. The van der Waals surface area contributed by atoms with Crippen molar-refractivity contribution in [3.63, 3.8) is 0 Å². The first-order valence-electron chi connectivity index (χ1n) is 8.19. The number of aliphatic hydroxyl groups excluding tert-OH is 1. The van der Waals surface area contributed by atoms with Gasteiger partial charge in [0, 0.05) is 26.2 Å². The van der Waals surface area contributed by atoms with Crippen molar-refractivity contribution in [3.05, 3.63) is 0 Å². The zero-order chi connectivity index (χ0) is 14.5. The van der Waals surface area contributed by atoms with Crippen LogP contribution in [-0.2, 0) is 4.79 Å². The topological polar surface area (TPSA) is 43.8 Å². The predicted molar refractivity (Wildman–Crippen MR) is 80.4 cm³/mol. The van der Waals surface area contributed by atoms with Gasteiger partial charge in [0.15, 0.2) is 0 Å². The van der Waals surface area contributed by atoms with Crippen LogP contribution in [0.2, 0.25) is 0 Å². The molecule has 0 aromatic rings. The van der Waals surface area contributed by atoms with E-state index >= 15 is 0 Å². The lowest BCUT2D eigenvalue weighted by Crippen LogP contribution is -2.44. The molecule has 4 nitrogen and oxygen atoms in total. The first kappa shape index (κ1) is 15.8. The summed E-state index contributed by atoms with van der Waals surface area (Å²) in [6.07, 6.45) is 6.84. The number of rotatable bonds is 5. The van der Waals surface area contributed by atoms with Crippen molar-refractivity contribution in [2.24, 2.45) is 11.8 Å². The molecule has 20 heavy (non-hydrogen) atoms. The highest BCUT2D eigenvalue weighted by Gasteiger charge is 2.28. The molecule has 1 heterocycles. The van der Waals surface area contributed by atoms with E-state index in [1.54, 1.807) is 0 Å². The number of aliphatic hydroxyl groups is 1. The van der Waals surface area contributed by atoms with E-state index in [1.807, 2.05) is 11.9 Å². The van der Waals surface area contributed by atoms with Crippen LogP contribution in [-0.4, -0.2) is 60.1 Å². The molecule has 116 valence electrons. The molecule has 0 aromatic heterocycles. The molecule has 1 N–H and O–H groups in total. The molecule has 1 amide bonds. The van der Waals surface area contributed by atoms with Gasteiger partial charge in [-0.15, -0.1) is 0 Å². The molecule has 1 saturated carbocycles. The van der Waals surface area contributed by atoms with Gasteiger partial charge in [0.05, 0.1) is 6.54 Å². The fourth-order valence-corrected chi connectivity index (χ4v) is 3.61. The quantitative estimate of drug-likeness (QED) is 0.835. The largest absolute Gasteiger partial charge is 0.396 e. The number of hydrogen-bond acceptors (Lipinski definition) is 3. The highest BCUT2D eigenvalue weighted by Crippen LogP contribution is 2.27. The fraction of sp³-hybridized carbons (Fsp3) is 0.938. The van der Waals surface area contributed by atoms with E-state index in [9.17, 15) is 4.79 Å². The Morgan fingerprint density at radius 1 is 1.25 bits per heavy atom. The van der Waals surface area contributed by atoms with Crippen molar-refractivity contribution in [2.45, 2.75) is 51.5 Å². The molecule has 2 fully saturated rings. The second-order valence-corrected chi connectivity index (χ2v) is 6.82. The summed E-state index contributed by atoms with van der Waals surface area (Å²) in [5.74, 6) is 1.68. The molecule has 0 radical (unpaired) electrons. The van der Waals surface area contributed by atoms with Crippen molar-refractivity contribution in [3.8, 4) is 0 Å². The average molecular weight is 282 g/mol. The summed E-state index contributed by atoms with van der Waals surface area (Å²) in [4.78, 5) is 16.6. The van der Waals surface area contributed by atoms with E-state index in [0.29, 0.717) is 18.5 Å². The minimum Gasteiger partial charge on any atom is -0.396 e. The molecule has 2 aliphatic rings. The third-order valence-corrected chi connectivity index (χ3v) is 5.19. The second kappa shape index (κ2) is 7.41. The number of carbonyl (C=O) groups excluding carboxylic acids is 1. The number of hydrogen-bond donors (Lipinski definition) is 1. The summed E-state index contributed by atoms with van der Waals surface area (Å²) in [6.45, 7) is 5.12. The predicted octanol–water partition coefficient (Wildman–Crippen LogP) is 1.73. The first-order chi connectivity index (χ1) is 9.60. The summed E-state index contributed by atoms with van der Waals surface area (Å²) >= 11 is 0. The minimum absolute atomic E-state index is 0.270. The Morgan fingerprint density at radius 3 is 2.60 bits per heavy atom. The van der Waals surface area contributed by atoms with Gasteiger partial charge in [-0.1, -0.05) is 6.92 Å². The van der Waals surface area contributed by atoms with Crippen molar-refractivity contribution < 1.29 is 9.90 Å². The van der Waals surface area contributed by atoms with E-state index in [0.717, 1.165) is 44.7 Å². The maximum Gasteiger partial charge on any atom is 0.236 e. The Labute approximate surface area is 123 Å². The monoisotopic (exact) mass is 282 g/mol. The lowest BCUT2D eigenvalue weighted by molar-refractivity contribution is -0.133. The standard InChI is InChI=1S/C16H30N2O2/c1-13-3-5-15(6-4-13)17(2)16(20)12-18-9-7-14(11-18)8-10-19/h13-15,19H,3-12H2,1-2H3. The zero-order valence-corrected chi connectivity index (χ0v) is 13.1. The van der Waals surface area contributed by atoms with E-state index in [2.05, 4.69) is 11.8 Å². The number of likely N-dealkylation sites (tertiary alicyclic amines) is 1. The van der Waals surface area contributed by atoms with Gasteiger partial charge in [-0.2, -0.15) is 0 Å². The van der Waals surface area contributed by atoms with Crippen molar-refractivity contribution in [2.75, 3.05) is 33.3 Å². The van der Waals surface area contributed by atoms with Gasteiger partial charge in [0.2, 0.25) is 5.91 Å². The Balaban J connectivity index is 1.74. The summed E-state index contributed by atoms with van der Waals surface area (Å²) in [7, 11) is 1.98. The van der Waals surface area contributed by atoms with Gasteiger partial charge in [0.1, 0.15) is 0 Å². The maximum absolute atomic E-state index is 12.4. The fourth-order valence-electron chi connectivity index (χ4n) is 3.61. The molecule has 0 bridgehead atoms. The maximum atomic E-state index is 12.4. The van der Waals surface area contributed by atoms with Crippen LogP contribution in [0.4, 0.5) is 0 Å². The smallest absolute Gasteiger partial charge is 0.236 e. The Kier molecular flexibility index (Phi) is 5.85. The summed E-state index contributed by atoms with van der Waals surface area (Å²) in [5, 5.41) is 8.98. The van der Waals surface area contributed by atoms with E-state index in [1.165, 1.54) is 12.8 Å². The Hall–Kier alpha value is -0.610. The Morgan fingerprint density at radius 2 is 1.95 bits per heavy atom. The van der Waals surface area contributed by atoms with Crippen LogP contribution in [0.25, 0.3) is 0 Å². The molecule has 1 unspecified atom stereocenters. The van der Waals surface area contributed by atoms with E-state index < -0.39 is 0 Å². The zero-order valence-electron chi connectivity index (χ0n) is 13.1. The lowest BCUT2D eigenvalue weighted by Gasteiger charge is -2.34. The number of carbonyl (C=O) groups is 1. The van der Waals surface area contributed by atoms with Crippen molar-refractivity contribution >= 4 is 5.91 Å². The minimum atomic E-state index is 0.270. The molecule has 4 heteroatoms. The van der Waals surface area contributed by atoms with Gasteiger partial charge in [0.25, 0.3) is 0 Å². The molecular formula is C16H30N2O2. The molecule has 2 rings (SSSR count). The van der Waals surface area contributed by atoms with Crippen LogP contribution < -0.4 is 0 Å². The average Bonchev–Trinajstić information content (AvgIpc) is 2.86. The van der Waals surface area contributed by atoms with E-state index in [-0.39, 0.29) is 12.5 Å². The second-order valence-electron chi connectivity index (χ2n) is 6.82. The van der Waals surface area contributed by atoms with Crippen molar-refractivity contribution in [1.82, 2.24) is 9.80 Å². The molecule has 1 aliphatic carbocycles. The number of likely N-dealkylation sites (N-methyl/N-ethyl adjacent to an activating group) is 1. The molecule has 0 aromatic carbocycles. The summed E-state index contributed by atoms with van der Waals surface area (Å²) in [6, 6.07) is 0.453. The van der Waals surface area contributed by atoms with Crippen LogP contribution >= 0.6 is 0 Å². The normalized spacial score (nSPS) is 31.4. The third kappa shape index (κ3) is 4.19. The highest BCUT2D eigenvalue weighted by atomic mass is 16.3. The summed E-state index contributed by atoms with van der Waals surface area (Å²) < 4.78 is 0. The van der Waals surface area contributed by atoms with Crippen LogP contribution in [0, 0.1) is 11.8 Å². The molecular weight excluding hydrogens is 252 g/mol.